The van der Waals surface area contributed by atoms with Gasteiger partial charge in [0, 0.05) is 37.4 Å². The van der Waals surface area contributed by atoms with Crippen LogP contribution in [0.2, 0.25) is 0 Å². The zero-order chi connectivity index (χ0) is 20.3. The van der Waals surface area contributed by atoms with Gasteiger partial charge >= 0.3 is 0 Å². The minimum absolute atomic E-state index is 0.0669. The molecule has 162 valence electrons. The molecule has 5 aliphatic rings. The summed E-state index contributed by atoms with van der Waals surface area (Å²) in [6.07, 6.45) is 12.9. The van der Waals surface area contributed by atoms with Gasteiger partial charge in [0.05, 0.1) is 0 Å². The van der Waals surface area contributed by atoms with Crippen molar-refractivity contribution in [3.8, 4) is 0 Å². The molecule has 5 rings (SSSR count). The molecule has 5 saturated carbocycles. The van der Waals surface area contributed by atoms with Gasteiger partial charge in [0.2, 0.25) is 17.7 Å². The molecule has 0 atom stereocenters. The molecule has 0 spiro atoms. The number of rotatable bonds is 8. The third-order valence-corrected chi connectivity index (χ3v) is 7.88. The number of nitrogens with one attached hydrogen (secondary N) is 3. The van der Waals surface area contributed by atoms with Gasteiger partial charge in [-0.15, -0.1) is 0 Å². The van der Waals surface area contributed by atoms with Crippen molar-refractivity contribution in [3.63, 3.8) is 0 Å². The number of carbonyl (C=O) groups is 3. The predicted octanol–water partition coefficient (Wildman–Crippen LogP) is 2.52. The molecule has 6 heteroatoms. The Hall–Kier alpha value is -1.59. The van der Waals surface area contributed by atoms with Crippen LogP contribution in [0.15, 0.2) is 0 Å². The lowest BCUT2D eigenvalue weighted by Crippen LogP contribution is -2.53. The van der Waals surface area contributed by atoms with E-state index in [9.17, 15) is 14.4 Å². The molecule has 0 aromatic carbocycles. The van der Waals surface area contributed by atoms with Crippen LogP contribution < -0.4 is 16.0 Å². The minimum Gasteiger partial charge on any atom is -0.355 e. The molecule has 0 aromatic rings. The second-order valence-corrected chi connectivity index (χ2v) is 10.2. The Morgan fingerprint density at radius 3 is 1.93 bits per heavy atom. The third-order valence-electron chi connectivity index (χ3n) is 7.88. The van der Waals surface area contributed by atoms with E-state index < -0.39 is 0 Å². The summed E-state index contributed by atoms with van der Waals surface area (Å²) in [5.74, 6) is 2.64. The molecule has 29 heavy (non-hydrogen) atoms. The van der Waals surface area contributed by atoms with Crippen LogP contribution in [-0.4, -0.2) is 37.4 Å². The standard InChI is InChI=1S/C23H37N3O3/c27-20(24-8-9-25-21(28)19-4-2-1-3-5-19)6-7-26-22(29)23-13-16-10-17(14-23)12-18(11-16)15-23/h16-19H,1-15H2,(H,24,27)(H,25,28)(H,26,29). The van der Waals surface area contributed by atoms with E-state index in [1.807, 2.05) is 0 Å². The van der Waals surface area contributed by atoms with Crippen LogP contribution in [0.3, 0.4) is 0 Å². The third kappa shape index (κ3) is 4.95. The Labute approximate surface area is 174 Å². The fourth-order valence-electron chi connectivity index (χ4n) is 6.85. The Balaban J connectivity index is 1.09. The van der Waals surface area contributed by atoms with Gasteiger partial charge in [-0.1, -0.05) is 19.3 Å². The van der Waals surface area contributed by atoms with Gasteiger partial charge in [0.15, 0.2) is 0 Å². The zero-order valence-electron chi connectivity index (χ0n) is 17.6. The van der Waals surface area contributed by atoms with E-state index >= 15 is 0 Å². The molecule has 4 bridgehead atoms. The molecular weight excluding hydrogens is 366 g/mol. The largest absolute Gasteiger partial charge is 0.355 e. The maximum Gasteiger partial charge on any atom is 0.226 e. The normalized spacial score (nSPS) is 33.3. The number of carbonyl (C=O) groups excluding carboxylic acids is 3. The first-order chi connectivity index (χ1) is 14.0. The van der Waals surface area contributed by atoms with Crippen LogP contribution in [-0.2, 0) is 14.4 Å². The molecular formula is C23H37N3O3. The highest BCUT2D eigenvalue weighted by Gasteiger charge is 2.54. The molecule has 5 fully saturated rings. The monoisotopic (exact) mass is 403 g/mol. The van der Waals surface area contributed by atoms with Crippen molar-refractivity contribution in [3.05, 3.63) is 0 Å². The van der Waals surface area contributed by atoms with Crippen LogP contribution >= 0.6 is 0 Å². The van der Waals surface area contributed by atoms with Crippen LogP contribution in [0.5, 0.6) is 0 Å². The number of hydrogen-bond donors (Lipinski definition) is 3. The molecule has 6 nitrogen and oxygen atoms in total. The van der Waals surface area contributed by atoms with Crippen molar-refractivity contribution in [1.82, 2.24) is 16.0 Å². The topological polar surface area (TPSA) is 87.3 Å². The van der Waals surface area contributed by atoms with Crippen molar-refractivity contribution >= 4 is 17.7 Å². The van der Waals surface area contributed by atoms with E-state index in [0.717, 1.165) is 62.7 Å². The molecule has 0 heterocycles. The lowest BCUT2D eigenvalue weighted by molar-refractivity contribution is -0.146. The molecule has 0 aromatic heterocycles. The Morgan fingerprint density at radius 2 is 1.31 bits per heavy atom. The van der Waals surface area contributed by atoms with Gasteiger partial charge in [-0.2, -0.15) is 0 Å². The van der Waals surface area contributed by atoms with Crippen LogP contribution in [0.4, 0.5) is 0 Å². The van der Waals surface area contributed by atoms with Crippen molar-refractivity contribution in [1.29, 1.82) is 0 Å². The molecule has 0 aliphatic heterocycles. The molecule has 3 N–H and O–H groups in total. The van der Waals surface area contributed by atoms with E-state index in [1.165, 1.54) is 25.7 Å². The lowest BCUT2D eigenvalue weighted by Gasteiger charge is -2.55. The van der Waals surface area contributed by atoms with E-state index in [-0.39, 0.29) is 29.1 Å². The summed E-state index contributed by atoms with van der Waals surface area (Å²) < 4.78 is 0. The summed E-state index contributed by atoms with van der Waals surface area (Å²) in [6.45, 7) is 1.32. The maximum atomic E-state index is 12.9. The van der Waals surface area contributed by atoms with Crippen molar-refractivity contribution < 1.29 is 14.4 Å². The van der Waals surface area contributed by atoms with Crippen molar-refractivity contribution in [2.75, 3.05) is 19.6 Å². The summed E-state index contributed by atoms with van der Waals surface area (Å²) in [4.78, 5) is 37.0. The van der Waals surface area contributed by atoms with Gasteiger partial charge in [-0.05, 0) is 69.1 Å². The van der Waals surface area contributed by atoms with Gasteiger partial charge in [-0.3, -0.25) is 14.4 Å². The first-order valence-corrected chi connectivity index (χ1v) is 11.9. The first kappa shape index (κ1) is 20.7. The average molecular weight is 404 g/mol. The maximum absolute atomic E-state index is 12.9. The average Bonchev–Trinajstić information content (AvgIpc) is 2.70. The highest BCUT2D eigenvalue weighted by Crippen LogP contribution is 2.60. The van der Waals surface area contributed by atoms with E-state index in [4.69, 9.17) is 0 Å². The number of hydrogen-bond acceptors (Lipinski definition) is 3. The zero-order valence-corrected chi connectivity index (χ0v) is 17.6. The Morgan fingerprint density at radius 1 is 0.724 bits per heavy atom. The molecule has 5 aliphatic carbocycles. The van der Waals surface area contributed by atoms with Crippen LogP contribution in [0, 0.1) is 29.1 Å². The van der Waals surface area contributed by atoms with Gasteiger partial charge in [-0.25, -0.2) is 0 Å². The molecule has 0 saturated heterocycles. The second-order valence-electron chi connectivity index (χ2n) is 10.2. The minimum atomic E-state index is -0.144. The van der Waals surface area contributed by atoms with Gasteiger partial charge < -0.3 is 16.0 Å². The van der Waals surface area contributed by atoms with E-state index in [0.29, 0.717) is 26.1 Å². The Bertz CT molecular complexity index is 592. The van der Waals surface area contributed by atoms with Crippen molar-refractivity contribution in [2.45, 2.75) is 77.0 Å². The molecule has 0 unspecified atom stereocenters. The highest BCUT2D eigenvalue weighted by molar-refractivity contribution is 5.84. The quantitative estimate of drug-likeness (QED) is 0.544. The van der Waals surface area contributed by atoms with E-state index in [2.05, 4.69) is 16.0 Å². The van der Waals surface area contributed by atoms with E-state index in [1.54, 1.807) is 0 Å². The fraction of sp³-hybridized carbons (Fsp3) is 0.870. The van der Waals surface area contributed by atoms with Gasteiger partial charge in [0.1, 0.15) is 0 Å². The van der Waals surface area contributed by atoms with Crippen LogP contribution in [0.1, 0.15) is 77.0 Å². The molecule has 0 radical (unpaired) electrons. The SMILES string of the molecule is O=C(CCNC(=O)C12CC3CC(CC(C3)C1)C2)NCCNC(=O)C1CCCCC1. The number of amides is 3. The predicted molar refractivity (Wildman–Crippen MR) is 111 cm³/mol. The highest BCUT2D eigenvalue weighted by atomic mass is 16.2. The summed E-state index contributed by atoms with van der Waals surface area (Å²) in [5.41, 5.74) is -0.144. The molecule has 3 amide bonds. The smallest absolute Gasteiger partial charge is 0.226 e. The second kappa shape index (κ2) is 9.05. The van der Waals surface area contributed by atoms with Crippen LogP contribution in [0.25, 0.3) is 0 Å². The Kier molecular flexibility index (Phi) is 6.45. The van der Waals surface area contributed by atoms with Gasteiger partial charge in [0.25, 0.3) is 0 Å². The lowest BCUT2D eigenvalue weighted by atomic mass is 9.49. The fourth-order valence-corrected chi connectivity index (χ4v) is 6.85. The van der Waals surface area contributed by atoms with Crippen molar-refractivity contribution in [2.24, 2.45) is 29.1 Å². The first-order valence-electron chi connectivity index (χ1n) is 11.9. The summed E-state index contributed by atoms with van der Waals surface area (Å²) >= 11 is 0. The summed E-state index contributed by atoms with van der Waals surface area (Å²) in [5, 5.41) is 8.83. The summed E-state index contributed by atoms with van der Waals surface area (Å²) in [6, 6.07) is 0. The summed E-state index contributed by atoms with van der Waals surface area (Å²) in [7, 11) is 0.